The van der Waals surface area contributed by atoms with Crippen molar-refractivity contribution < 1.29 is 14.0 Å². The van der Waals surface area contributed by atoms with Gasteiger partial charge in [0.2, 0.25) is 11.8 Å². The van der Waals surface area contributed by atoms with Crippen LogP contribution in [0, 0.1) is 5.82 Å². The number of nitrogens with zero attached hydrogens (tertiary/aromatic N) is 4. The van der Waals surface area contributed by atoms with E-state index in [9.17, 15) is 14.0 Å². The minimum absolute atomic E-state index is 0.0427. The van der Waals surface area contributed by atoms with Gasteiger partial charge in [-0.3, -0.25) is 19.1 Å². The van der Waals surface area contributed by atoms with E-state index in [4.69, 9.17) is 11.6 Å². The first-order valence-corrected chi connectivity index (χ1v) is 11.8. The summed E-state index contributed by atoms with van der Waals surface area (Å²) in [6, 6.07) is 13.1. The maximum absolute atomic E-state index is 13.0. The van der Waals surface area contributed by atoms with E-state index in [0.717, 1.165) is 10.8 Å². The van der Waals surface area contributed by atoms with Crippen LogP contribution in [0.3, 0.4) is 0 Å². The molecule has 4 rings (SSSR count). The van der Waals surface area contributed by atoms with Gasteiger partial charge in [0.1, 0.15) is 5.82 Å². The lowest BCUT2D eigenvalue weighted by Gasteiger charge is -2.34. The van der Waals surface area contributed by atoms with Gasteiger partial charge in [-0.05, 0) is 48.5 Å². The minimum atomic E-state index is -0.346. The van der Waals surface area contributed by atoms with E-state index in [0.29, 0.717) is 36.9 Å². The van der Waals surface area contributed by atoms with Crippen molar-refractivity contribution in [2.45, 2.75) is 5.16 Å². The Morgan fingerprint density at radius 2 is 1.73 bits per heavy atom. The van der Waals surface area contributed by atoms with Crippen molar-refractivity contribution in [2.24, 2.45) is 0 Å². The Morgan fingerprint density at radius 1 is 1.03 bits per heavy atom. The predicted octanol–water partition coefficient (Wildman–Crippen LogP) is 3.54. The van der Waals surface area contributed by atoms with E-state index in [2.05, 4.69) is 10.3 Å². The van der Waals surface area contributed by atoms with Crippen molar-refractivity contribution in [2.75, 3.05) is 43.8 Å². The number of thioether (sulfide) groups is 1. The molecule has 1 aliphatic heterocycles. The number of amides is 2. The first kappa shape index (κ1) is 23.3. The van der Waals surface area contributed by atoms with Crippen molar-refractivity contribution in [3.63, 3.8) is 0 Å². The normalized spacial score (nSPS) is 14.3. The lowest BCUT2D eigenvalue weighted by atomic mass is 10.3. The number of nitrogens with one attached hydrogen (secondary N) is 1. The van der Waals surface area contributed by atoms with Gasteiger partial charge in [-0.15, -0.1) is 0 Å². The van der Waals surface area contributed by atoms with Gasteiger partial charge in [0.25, 0.3) is 0 Å². The third kappa shape index (κ3) is 6.34. The minimum Gasteiger partial charge on any atom is -0.339 e. The van der Waals surface area contributed by atoms with Crippen LogP contribution < -0.4 is 5.32 Å². The quantitative estimate of drug-likeness (QED) is 0.516. The molecule has 0 aliphatic carbocycles. The second-order valence-electron chi connectivity index (χ2n) is 7.56. The number of benzene rings is 2. The number of imidazole rings is 1. The Bertz CT molecular complexity index is 1100. The molecule has 1 saturated heterocycles. The molecule has 0 spiro atoms. The number of hydrogen-bond acceptors (Lipinski definition) is 5. The molecule has 0 saturated carbocycles. The number of hydrogen-bond donors (Lipinski definition) is 1. The molecule has 10 heteroatoms. The number of piperazine rings is 1. The van der Waals surface area contributed by atoms with E-state index >= 15 is 0 Å². The van der Waals surface area contributed by atoms with E-state index in [1.165, 1.54) is 36.0 Å². The van der Waals surface area contributed by atoms with Crippen molar-refractivity contribution >= 4 is 40.9 Å². The third-order valence-corrected chi connectivity index (χ3v) is 6.46. The molecule has 172 valence electrons. The van der Waals surface area contributed by atoms with Crippen LogP contribution in [0.15, 0.2) is 66.1 Å². The van der Waals surface area contributed by atoms with E-state index in [-0.39, 0.29) is 29.9 Å². The molecule has 3 aromatic rings. The summed E-state index contributed by atoms with van der Waals surface area (Å²) in [6.07, 6.45) is 3.56. The number of halogens is 2. The summed E-state index contributed by atoms with van der Waals surface area (Å²) in [7, 11) is 0. The van der Waals surface area contributed by atoms with Gasteiger partial charge in [0.05, 0.1) is 12.3 Å². The van der Waals surface area contributed by atoms with E-state index < -0.39 is 0 Å². The Balaban J connectivity index is 1.22. The SMILES string of the molecule is O=C(CN1CCN(C(=O)CSc2nccn2-c2ccc(Cl)cc2)CC1)Nc1ccc(F)cc1. The summed E-state index contributed by atoms with van der Waals surface area (Å²) < 4.78 is 14.9. The van der Waals surface area contributed by atoms with Crippen LogP contribution >= 0.6 is 23.4 Å². The van der Waals surface area contributed by atoms with Crippen molar-refractivity contribution in [1.29, 1.82) is 0 Å². The second-order valence-corrected chi connectivity index (χ2v) is 8.94. The van der Waals surface area contributed by atoms with Gasteiger partial charge in [0.15, 0.2) is 5.16 Å². The van der Waals surface area contributed by atoms with Gasteiger partial charge < -0.3 is 10.2 Å². The van der Waals surface area contributed by atoms with E-state index in [1.54, 1.807) is 6.20 Å². The number of carbonyl (C=O) groups excluding carboxylic acids is 2. The molecule has 1 N–H and O–H groups in total. The zero-order valence-electron chi connectivity index (χ0n) is 17.8. The lowest BCUT2D eigenvalue weighted by Crippen LogP contribution is -2.50. The topological polar surface area (TPSA) is 70.5 Å². The molecule has 0 bridgehead atoms. The maximum atomic E-state index is 13.0. The van der Waals surface area contributed by atoms with Crippen molar-refractivity contribution in [3.8, 4) is 5.69 Å². The van der Waals surface area contributed by atoms with Gasteiger partial charge in [-0.25, -0.2) is 9.37 Å². The summed E-state index contributed by atoms with van der Waals surface area (Å²) in [5.74, 6) is -0.178. The average molecular weight is 488 g/mol. The molecule has 0 unspecified atom stereocenters. The fraction of sp³-hybridized carbons (Fsp3) is 0.261. The molecule has 2 amide bonds. The maximum Gasteiger partial charge on any atom is 0.238 e. The zero-order valence-corrected chi connectivity index (χ0v) is 19.4. The van der Waals surface area contributed by atoms with Crippen LogP contribution in [-0.2, 0) is 9.59 Å². The Morgan fingerprint density at radius 3 is 2.42 bits per heavy atom. The highest BCUT2D eigenvalue weighted by Gasteiger charge is 2.23. The summed E-state index contributed by atoms with van der Waals surface area (Å²) in [5, 5.41) is 4.16. The zero-order chi connectivity index (χ0) is 23.2. The Hall–Kier alpha value is -2.88. The molecule has 2 aromatic carbocycles. The summed E-state index contributed by atoms with van der Waals surface area (Å²) in [5.41, 5.74) is 1.49. The number of carbonyl (C=O) groups is 2. The highest BCUT2D eigenvalue weighted by Crippen LogP contribution is 2.22. The molecule has 1 fully saturated rings. The van der Waals surface area contributed by atoms with Crippen LogP contribution in [0.5, 0.6) is 0 Å². The largest absolute Gasteiger partial charge is 0.339 e. The Labute approximate surface area is 200 Å². The third-order valence-electron chi connectivity index (χ3n) is 5.26. The van der Waals surface area contributed by atoms with E-state index in [1.807, 2.05) is 44.8 Å². The van der Waals surface area contributed by atoms with Crippen molar-refractivity contribution in [1.82, 2.24) is 19.4 Å². The molecule has 1 aromatic heterocycles. The predicted molar refractivity (Wildman–Crippen MR) is 127 cm³/mol. The first-order valence-electron chi connectivity index (χ1n) is 10.5. The monoisotopic (exact) mass is 487 g/mol. The van der Waals surface area contributed by atoms with Gasteiger partial charge in [-0.1, -0.05) is 23.4 Å². The van der Waals surface area contributed by atoms with Crippen molar-refractivity contribution in [3.05, 3.63) is 71.8 Å². The van der Waals surface area contributed by atoms with Crippen LogP contribution in [-0.4, -0.2) is 69.6 Å². The first-order chi connectivity index (χ1) is 16.0. The smallest absolute Gasteiger partial charge is 0.238 e. The summed E-state index contributed by atoms with van der Waals surface area (Å²) in [4.78, 5) is 33.1. The Kier molecular flexibility index (Phi) is 7.64. The number of rotatable bonds is 7. The lowest BCUT2D eigenvalue weighted by molar-refractivity contribution is -0.130. The highest BCUT2D eigenvalue weighted by molar-refractivity contribution is 7.99. The van der Waals surface area contributed by atoms with Gasteiger partial charge in [-0.2, -0.15) is 0 Å². The summed E-state index contributed by atoms with van der Waals surface area (Å²) in [6.45, 7) is 2.59. The van der Waals surface area contributed by atoms with Gasteiger partial charge >= 0.3 is 0 Å². The fourth-order valence-corrected chi connectivity index (χ4v) is 4.51. The van der Waals surface area contributed by atoms with Crippen LogP contribution in [0.4, 0.5) is 10.1 Å². The molecular weight excluding hydrogens is 465 g/mol. The fourth-order valence-electron chi connectivity index (χ4n) is 3.50. The standard InChI is InChI=1S/C23H23ClFN5O2S/c24-17-1-7-20(8-2-17)30-10-9-26-23(30)33-16-22(32)29-13-11-28(12-14-29)15-21(31)27-19-5-3-18(25)4-6-19/h1-10H,11-16H2,(H,27,31). The molecule has 33 heavy (non-hydrogen) atoms. The highest BCUT2D eigenvalue weighted by atomic mass is 35.5. The number of anilines is 1. The molecule has 0 atom stereocenters. The average Bonchev–Trinajstić information content (AvgIpc) is 3.28. The molecule has 0 radical (unpaired) electrons. The molecular formula is C23H23ClFN5O2S. The molecule has 1 aliphatic rings. The molecule has 7 nitrogen and oxygen atoms in total. The number of aromatic nitrogens is 2. The van der Waals surface area contributed by atoms with Crippen LogP contribution in [0.1, 0.15) is 0 Å². The van der Waals surface area contributed by atoms with Gasteiger partial charge in [0, 0.05) is 55.0 Å². The second kappa shape index (κ2) is 10.8. The van der Waals surface area contributed by atoms with Crippen LogP contribution in [0.25, 0.3) is 5.69 Å². The van der Waals surface area contributed by atoms with Crippen LogP contribution in [0.2, 0.25) is 5.02 Å². The summed E-state index contributed by atoms with van der Waals surface area (Å²) >= 11 is 7.35. The molecule has 2 heterocycles.